The first-order valence-electron chi connectivity index (χ1n) is 9.55. The third kappa shape index (κ3) is 4.34. The summed E-state index contributed by atoms with van der Waals surface area (Å²) in [5.41, 5.74) is 1.25. The molecule has 29 heavy (non-hydrogen) atoms. The lowest BCUT2D eigenvalue weighted by molar-refractivity contribution is -0.139. The Balaban J connectivity index is 2.18. The molecule has 1 atom stereocenters. The van der Waals surface area contributed by atoms with E-state index in [0.717, 1.165) is 31.6 Å². The van der Waals surface area contributed by atoms with E-state index in [9.17, 15) is 14.0 Å². The van der Waals surface area contributed by atoms with Crippen molar-refractivity contribution in [3.8, 4) is 0 Å². The highest BCUT2D eigenvalue weighted by atomic mass is 19.1. The normalized spacial score (nSPS) is 19.2. The quantitative estimate of drug-likeness (QED) is 0.721. The Kier molecular flexibility index (Phi) is 6.36. The Bertz CT molecular complexity index is 891. The van der Waals surface area contributed by atoms with Crippen LogP contribution in [0, 0.1) is 11.7 Å². The second-order valence-electron chi connectivity index (χ2n) is 7.14. The lowest BCUT2D eigenvalue weighted by atomic mass is 9.99. The molecule has 0 aromatic heterocycles. The van der Waals surface area contributed by atoms with Gasteiger partial charge in [-0.3, -0.25) is 0 Å². The van der Waals surface area contributed by atoms with Crippen molar-refractivity contribution in [1.29, 1.82) is 0 Å². The van der Waals surface area contributed by atoms with Gasteiger partial charge in [-0.2, -0.15) is 0 Å². The van der Waals surface area contributed by atoms with Crippen LogP contribution >= 0.6 is 0 Å². The molecule has 0 saturated carbocycles. The standard InChI is InChI=1S/C22H25FN2O4/c1-15-7-6-11-24(14-15)18-10-9-16(23)13-19(18)25-12-5-4-8-17(21(26)28-2)20(25)22(27)29-3/h4-5,8-10,12-13,15H,6-7,11,14H2,1-3H3. The van der Waals surface area contributed by atoms with Crippen LogP contribution in [-0.2, 0) is 19.1 Å². The molecule has 7 heteroatoms. The number of carbonyl (C=O) groups excluding carboxylic acids is 2. The van der Waals surface area contributed by atoms with Crippen LogP contribution in [0.25, 0.3) is 0 Å². The van der Waals surface area contributed by atoms with E-state index >= 15 is 0 Å². The Hall–Kier alpha value is -3.09. The molecule has 1 aromatic carbocycles. The minimum Gasteiger partial charge on any atom is -0.465 e. The van der Waals surface area contributed by atoms with Gasteiger partial charge in [0.05, 0.1) is 31.2 Å². The molecule has 0 aliphatic carbocycles. The van der Waals surface area contributed by atoms with Gasteiger partial charge in [0.25, 0.3) is 0 Å². The summed E-state index contributed by atoms with van der Waals surface area (Å²) in [6.45, 7) is 3.84. The highest BCUT2D eigenvalue weighted by molar-refractivity contribution is 6.06. The number of hydrogen-bond acceptors (Lipinski definition) is 6. The van der Waals surface area contributed by atoms with Crippen molar-refractivity contribution in [2.45, 2.75) is 19.8 Å². The number of allylic oxidation sites excluding steroid dienone is 2. The summed E-state index contributed by atoms with van der Waals surface area (Å²) in [7, 11) is 2.48. The van der Waals surface area contributed by atoms with Crippen molar-refractivity contribution in [2.24, 2.45) is 5.92 Å². The first-order valence-corrected chi connectivity index (χ1v) is 9.55. The number of carbonyl (C=O) groups is 2. The van der Waals surface area contributed by atoms with Crippen LogP contribution in [-0.4, -0.2) is 39.2 Å². The summed E-state index contributed by atoms with van der Waals surface area (Å²) in [6, 6.07) is 4.48. The summed E-state index contributed by atoms with van der Waals surface area (Å²) < 4.78 is 24.0. The number of piperidine rings is 1. The first-order chi connectivity index (χ1) is 14.0. The van der Waals surface area contributed by atoms with E-state index in [2.05, 4.69) is 11.8 Å². The SMILES string of the molecule is COC(=O)C1=C(C(=O)OC)N(c2cc(F)ccc2N2CCCC(C)C2)C=CC=C1. The molecule has 2 aliphatic rings. The van der Waals surface area contributed by atoms with Crippen LogP contribution < -0.4 is 9.80 Å². The summed E-state index contributed by atoms with van der Waals surface area (Å²) >= 11 is 0. The molecule has 1 fully saturated rings. The monoisotopic (exact) mass is 400 g/mol. The van der Waals surface area contributed by atoms with Crippen LogP contribution in [0.15, 0.2) is 53.9 Å². The number of hydrogen-bond donors (Lipinski definition) is 0. The largest absolute Gasteiger partial charge is 0.465 e. The van der Waals surface area contributed by atoms with Gasteiger partial charge in [0.15, 0.2) is 0 Å². The topological polar surface area (TPSA) is 59.1 Å². The van der Waals surface area contributed by atoms with Crippen molar-refractivity contribution in [1.82, 2.24) is 0 Å². The number of ether oxygens (including phenoxy) is 2. The van der Waals surface area contributed by atoms with Gasteiger partial charge in [-0.1, -0.05) is 13.0 Å². The summed E-state index contributed by atoms with van der Waals surface area (Å²) in [6.07, 6.45) is 8.56. The van der Waals surface area contributed by atoms with Gasteiger partial charge in [0, 0.05) is 19.3 Å². The fraction of sp³-hybridized carbons (Fsp3) is 0.364. The molecule has 0 bridgehead atoms. The molecular weight excluding hydrogens is 375 g/mol. The van der Waals surface area contributed by atoms with Gasteiger partial charge in [-0.15, -0.1) is 0 Å². The number of anilines is 2. The predicted octanol–water partition coefficient (Wildman–Crippen LogP) is 3.55. The molecule has 154 valence electrons. The van der Waals surface area contributed by atoms with Gasteiger partial charge in [0.2, 0.25) is 0 Å². The number of methoxy groups -OCH3 is 2. The third-order valence-corrected chi connectivity index (χ3v) is 5.08. The highest BCUT2D eigenvalue weighted by Gasteiger charge is 2.30. The number of halogens is 1. The van der Waals surface area contributed by atoms with E-state index < -0.39 is 17.8 Å². The third-order valence-electron chi connectivity index (χ3n) is 5.08. The molecule has 3 rings (SSSR count). The molecule has 0 N–H and O–H groups in total. The van der Waals surface area contributed by atoms with Crippen LogP contribution in [0.2, 0.25) is 0 Å². The molecule has 2 aliphatic heterocycles. The Morgan fingerprint density at radius 1 is 1.10 bits per heavy atom. The molecule has 2 heterocycles. The van der Waals surface area contributed by atoms with E-state index in [1.54, 1.807) is 24.4 Å². The summed E-state index contributed by atoms with van der Waals surface area (Å²) in [5, 5.41) is 0. The van der Waals surface area contributed by atoms with Gasteiger partial charge in [-0.25, -0.2) is 14.0 Å². The zero-order chi connectivity index (χ0) is 21.0. The Labute approximate surface area is 169 Å². The molecule has 0 radical (unpaired) electrons. The lowest BCUT2D eigenvalue weighted by Gasteiger charge is -2.36. The number of nitrogens with zero attached hydrogens (tertiary/aromatic N) is 2. The van der Waals surface area contributed by atoms with Gasteiger partial charge in [-0.05, 0) is 49.1 Å². The van der Waals surface area contributed by atoms with Gasteiger partial charge in [0.1, 0.15) is 11.5 Å². The van der Waals surface area contributed by atoms with E-state index in [1.165, 1.54) is 37.3 Å². The predicted molar refractivity (Wildman–Crippen MR) is 109 cm³/mol. The second-order valence-corrected chi connectivity index (χ2v) is 7.14. The minimum absolute atomic E-state index is 0.0266. The van der Waals surface area contributed by atoms with Crippen LogP contribution in [0.3, 0.4) is 0 Å². The number of benzene rings is 1. The van der Waals surface area contributed by atoms with Crippen molar-refractivity contribution < 1.29 is 23.5 Å². The highest BCUT2D eigenvalue weighted by Crippen LogP contribution is 2.37. The smallest absolute Gasteiger partial charge is 0.355 e. The number of esters is 2. The minimum atomic E-state index is -0.719. The van der Waals surface area contributed by atoms with Crippen molar-refractivity contribution >= 4 is 23.3 Å². The Morgan fingerprint density at radius 3 is 2.55 bits per heavy atom. The van der Waals surface area contributed by atoms with E-state index in [1.807, 2.05) is 0 Å². The van der Waals surface area contributed by atoms with E-state index in [-0.39, 0.29) is 11.3 Å². The van der Waals surface area contributed by atoms with Crippen molar-refractivity contribution in [3.63, 3.8) is 0 Å². The van der Waals surface area contributed by atoms with Crippen LogP contribution in [0.1, 0.15) is 19.8 Å². The second kappa shape index (κ2) is 8.94. The van der Waals surface area contributed by atoms with Crippen molar-refractivity contribution in [2.75, 3.05) is 37.1 Å². The van der Waals surface area contributed by atoms with Crippen LogP contribution in [0.5, 0.6) is 0 Å². The van der Waals surface area contributed by atoms with E-state index in [4.69, 9.17) is 9.47 Å². The van der Waals surface area contributed by atoms with Crippen molar-refractivity contribution in [3.05, 3.63) is 59.7 Å². The first kappa shape index (κ1) is 20.6. The molecule has 1 unspecified atom stereocenters. The fourth-order valence-corrected chi connectivity index (χ4v) is 3.72. The van der Waals surface area contributed by atoms with Crippen LogP contribution in [0.4, 0.5) is 15.8 Å². The average molecular weight is 400 g/mol. The number of rotatable bonds is 4. The molecule has 6 nitrogen and oxygen atoms in total. The van der Waals surface area contributed by atoms with E-state index in [0.29, 0.717) is 11.6 Å². The summed E-state index contributed by atoms with van der Waals surface area (Å²) in [5.74, 6) is -1.34. The van der Waals surface area contributed by atoms with Gasteiger partial charge >= 0.3 is 11.9 Å². The maximum Gasteiger partial charge on any atom is 0.355 e. The summed E-state index contributed by atoms with van der Waals surface area (Å²) in [4.78, 5) is 28.7. The zero-order valence-electron chi connectivity index (χ0n) is 16.9. The molecule has 1 aromatic rings. The molecular formula is C22H25FN2O4. The Morgan fingerprint density at radius 2 is 1.86 bits per heavy atom. The maximum atomic E-state index is 14.3. The fourth-order valence-electron chi connectivity index (χ4n) is 3.72. The van der Waals surface area contributed by atoms with Gasteiger partial charge < -0.3 is 19.3 Å². The lowest BCUT2D eigenvalue weighted by Crippen LogP contribution is -2.36. The maximum absolute atomic E-state index is 14.3. The molecule has 0 spiro atoms. The molecule has 1 saturated heterocycles. The average Bonchev–Trinajstić information content (AvgIpc) is 2.95. The zero-order valence-corrected chi connectivity index (χ0v) is 16.9. The molecule has 0 amide bonds.